The predicted molar refractivity (Wildman–Crippen MR) is 232 cm³/mol. The first-order valence-electron chi connectivity index (χ1n) is 20.3. The molecular formula is C42H55N13OS. The second-order valence-electron chi connectivity index (χ2n) is 14.3. The molecule has 300 valence electrons. The molecule has 1 saturated heterocycles. The van der Waals surface area contributed by atoms with Crippen molar-refractivity contribution in [2.45, 2.75) is 55.9 Å². The van der Waals surface area contributed by atoms with Gasteiger partial charge in [-0.25, -0.2) is 15.0 Å². The van der Waals surface area contributed by atoms with Gasteiger partial charge in [-0.2, -0.15) is 5.10 Å². The van der Waals surface area contributed by atoms with Gasteiger partial charge in [0.15, 0.2) is 17.4 Å². The van der Waals surface area contributed by atoms with Crippen molar-refractivity contribution in [2.24, 2.45) is 5.92 Å². The summed E-state index contributed by atoms with van der Waals surface area (Å²) >= 11 is 1.86. The highest BCUT2D eigenvalue weighted by Crippen LogP contribution is 2.30. The zero-order valence-electron chi connectivity index (χ0n) is 32.6. The highest BCUT2D eigenvalue weighted by Gasteiger charge is 2.30. The van der Waals surface area contributed by atoms with Gasteiger partial charge in [0.05, 0.1) is 18.4 Å². The molecule has 1 saturated carbocycles. The van der Waals surface area contributed by atoms with Gasteiger partial charge in [-0.05, 0) is 117 Å². The van der Waals surface area contributed by atoms with E-state index in [2.05, 4.69) is 73.4 Å². The highest BCUT2D eigenvalue weighted by molar-refractivity contribution is 7.99. The second kappa shape index (κ2) is 21.8. The Kier molecular flexibility index (Phi) is 15.2. The van der Waals surface area contributed by atoms with E-state index in [4.69, 9.17) is 4.74 Å². The van der Waals surface area contributed by atoms with Crippen LogP contribution in [0.4, 0.5) is 34.6 Å². The van der Waals surface area contributed by atoms with Gasteiger partial charge in [0.1, 0.15) is 18.2 Å². The maximum absolute atomic E-state index is 5.30. The number of pyridine rings is 4. The van der Waals surface area contributed by atoms with Gasteiger partial charge in [0.2, 0.25) is 0 Å². The van der Waals surface area contributed by atoms with Crippen LogP contribution in [0.1, 0.15) is 43.2 Å². The number of anilines is 6. The number of rotatable bonds is 0. The molecule has 7 N–H and O–H groups in total. The zero-order valence-corrected chi connectivity index (χ0v) is 33.4. The summed E-state index contributed by atoms with van der Waals surface area (Å²) in [5.41, 5.74) is 5.02. The minimum absolute atomic E-state index is 0.735. The van der Waals surface area contributed by atoms with Crippen molar-refractivity contribution in [3.8, 4) is 5.75 Å². The van der Waals surface area contributed by atoms with E-state index < -0.39 is 0 Å². The Hall–Kier alpha value is -5.41. The van der Waals surface area contributed by atoms with Crippen LogP contribution in [0.2, 0.25) is 0 Å². The second-order valence-corrected chi connectivity index (χ2v) is 15.4. The third-order valence-corrected chi connectivity index (χ3v) is 11.2. The summed E-state index contributed by atoms with van der Waals surface area (Å²) in [5, 5.41) is 30.5. The summed E-state index contributed by atoms with van der Waals surface area (Å²) in [7, 11) is 0. The van der Waals surface area contributed by atoms with E-state index in [1.807, 2.05) is 72.8 Å². The normalized spacial score (nSPS) is 19.3. The number of nitrogens with zero attached hydrogens (tertiary/aromatic N) is 6. The summed E-state index contributed by atoms with van der Waals surface area (Å²) in [6, 6.07) is 16.8. The molecule has 15 heteroatoms. The number of hydrogen-bond acceptors (Lipinski definition) is 15. The molecule has 0 radical (unpaired) electrons. The molecule has 14 nitrogen and oxygen atoms in total. The number of piperidine rings is 1. The van der Waals surface area contributed by atoms with Crippen molar-refractivity contribution in [3.63, 3.8) is 0 Å². The Bertz CT molecular complexity index is 1530. The predicted octanol–water partition coefficient (Wildman–Crippen LogP) is 6.44. The quantitative estimate of drug-likeness (QED) is 0.0915. The topological polar surface area (TPSA) is 171 Å². The lowest BCUT2D eigenvalue weighted by Gasteiger charge is -2.17. The van der Waals surface area contributed by atoms with Crippen molar-refractivity contribution in [2.75, 3.05) is 90.1 Å². The van der Waals surface area contributed by atoms with Gasteiger partial charge < -0.3 is 42.0 Å². The molecular weight excluding hydrogens is 735 g/mol. The zero-order chi connectivity index (χ0) is 38.7. The molecule has 5 aromatic heterocycles. The number of ether oxygens (including phenoxy) is 1. The lowest BCUT2D eigenvalue weighted by atomic mass is 10.1. The number of thioether (sulfide) groups is 1. The van der Waals surface area contributed by atoms with Crippen LogP contribution in [-0.4, -0.2) is 94.3 Å². The minimum Gasteiger partial charge on any atom is -0.488 e. The van der Waals surface area contributed by atoms with E-state index in [0.29, 0.717) is 0 Å². The molecule has 2 fully saturated rings. The Morgan fingerprint density at radius 3 is 2.12 bits per heavy atom. The number of fused-ring (bicyclic) bond motifs is 7. The summed E-state index contributed by atoms with van der Waals surface area (Å²) < 4.78 is 5.30. The molecule has 0 aromatic carbocycles. The Morgan fingerprint density at radius 1 is 0.614 bits per heavy atom. The van der Waals surface area contributed by atoms with Gasteiger partial charge >= 0.3 is 0 Å². The fourth-order valence-corrected chi connectivity index (χ4v) is 8.14. The van der Waals surface area contributed by atoms with E-state index in [1.165, 1.54) is 66.8 Å². The molecule has 6 aliphatic heterocycles. The molecule has 2 bridgehead atoms. The smallest absolute Gasteiger partial charge is 0.168 e. The number of aromatic nitrogens is 6. The van der Waals surface area contributed by atoms with Gasteiger partial charge in [-0.15, -0.1) is 16.9 Å². The molecule has 0 amide bonds. The van der Waals surface area contributed by atoms with Crippen LogP contribution >= 0.6 is 11.8 Å². The summed E-state index contributed by atoms with van der Waals surface area (Å²) in [6.45, 7) is 8.02. The third kappa shape index (κ3) is 12.3. The maximum Gasteiger partial charge on any atom is 0.168 e. The Morgan fingerprint density at radius 2 is 1.37 bits per heavy atom. The van der Waals surface area contributed by atoms with Crippen LogP contribution in [0.25, 0.3) is 0 Å². The van der Waals surface area contributed by atoms with Gasteiger partial charge in [0, 0.05) is 86.1 Å². The fraction of sp³-hybridized carbons (Fsp3) is 0.429. The van der Waals surface area contributed by atoms with Crippen LogP contribution in [0.3, 0.4) is 0 Å². The molecule has 11 heterocycles. The summed E-state index contributed by atoms with van der Waals surface area (Å²) in [6.07, 6.45) is 20.1. The molecule has 1 aliphatic carbocycles. The van der Waals surface area contributed by atoms with Crippen molar-refractivity contribution in [1.29, 1.82) is 0 Å². The molecule has 7 aliphatic rings. The SMILES string of the molecule is C1CC2CC1CN2.c1cc2c(cn1)CCCN2.c1cc2c(nn1)NCCC2.c1cnc2c(c1)NCCN2.c1cnc2c(c1)OCCN2.c1cnc2c(c1)SCCN2. The molecule has 2 atom stereocenters. The standard InChI is InChI=1S/C8H10N2.2C7H9N3.C7H8N2O.C7H8N2S.C6H11N/c1-2-7-6-9-5-3-8(7)10-4-1;1-2-6-3-5-9-10-7(6)8-4-1;1-2-6-7(9-3-1)10-5-4-8-6;2*1-2-6-7(8-3-1)9-4-5-10-6;1-2-6-3-5(1)4-7-6/h3,5-6,10H,1-2,4H2;3,5H,1-2,4H2,(H,8,10);1-3,8H,4-5H2,(H,9,10);2*1-3H,4-5H2,(H,8,9);5-7H,1-4H2. The molecule has 2 unspecified atom stereocenters. The highest BCUT2D eigenvalue weighted by atomic mass is 32.2. The lowest BCUT2D eigenvalue weighted by Crippen LogP contribution is -2.23. The third-order valence-electron chi connectivity index (χ3n) is 10.2. The largest absolute Gasteiger partial charge is 0.488 e. The minimum atomic E-state index is 0.735. The van der Waals surface area contributed by atoms with Crippen LogP contribution in [0.5, 0.6) is 5.75 Å². The molecule has 12 rings (SSSR count). The van der Waals surface area contributed by atoms with Gasteiger partial charge in [0.25, 0.3) is 0 Å². The Labute approximate surface area is 340 Å². The number of nitrogens with one attached hydrogen (secondary N) is 7. The first-order valence-corrected chi connectivity index (χ1v) is 21.3. The van der Waals surface area contributed by atoms with Crippen molar-refractivity contribution >= 4 is 46.4 Å². The van der Waals surface area contributed by atoms with Gasteiger partial charge in [-0.1, -0.05) is 0 Å². The average molecular weight is 790 g/mol. The monoisotopic (exact) mass is 789 g/mol. The van der Waals surface area contributed by atoms with Crippen LogP contribution < -0.4 is 42.0 Å². The molecule has 57 heavy (non-hydrogen) atoms. The Balaban J connectivity index is 0.000000105. The van der Waals surface area contributed by atoms with Crippen LogP contribution in [0, 0.1) is 5.92 Å². The van der Waals surface area contributed by atoms with E-state index >= 15 is 0 Å². The summed E-state index contributed by atoms with van der Waals surface area (Å²) in [5.74, 6) is 6.90. The fourth-order valence-electron chi connectivity index (χ4n) is 7.28. The number of aryl methyl sites for hydroxylation is 2. The van der Waals surface area contributed by atoms with E-state index in [-0.39, 0.29) is 0 Å². The molecule has 5 aromatic rings. The van der Waals surface area contributed by atoms with Crippen molar-refractivity contribution in [1.82, 2.24) is 35.5 Å². The van der Waals surface area contributed by atoms with Crippen molar-refractivity contribution < 1.29 is 4.74 Å². The van der Waals surface area contributed by atoms with E-state index in [9.17, 15) is 0 Å². The lowest BCUT2D eigenvalue weighted by molar-refractivity contribution is 0.321. The van der Waals surface area contributed by atoms with E-state index in [1.54, 1.807) is 18.6 Å². The van der Waals surface area contributed by atoms with Crippen LogP contribution in [0.15, 0.2) is 90.6 Å². The van der Waals surface area contributed by atoms with Crippen molar-refractivity contribution in [3.05, 3.63) is 96.8 Å². The summed E-state index contributed by atoms with van der Waals surface area (Å²) in [4.78, 5) is 17.7. The van der Waals surface area contributed by atoms with Gasteiger partial charge in [-0.3, -0.25) is 4.98 Å². The first kappa shape index (κ1) is 39.8. The molecule has 0 spiro atoms. The first-order chi connectivity index (χ1) is 28.3. The maximum atomic E-state index is 5.30. The number of hydrogen-bond donors (Lipinski definition) is 7. The van der Waals surface area contributed by atoms with E-state index in [0.717, 1.165) is 105 Å². The average Bonchev–Trinajstić information content (AvgIpc) is 3.98. The van der Waals surface area contributed by atoms with Crippen LogP contribution in [-0.2, 0) is 12.8 Å².